The van der Waals surface area contributed by atoms with E-state index in [1.165, 1.54) is 6.20 Å². The molecule has 1 amide bonds. The molecule has 0 bridgehead atoms. The minimum atomic E-state index is -2.66. The smallest absolute Gasteiger partial charge is 0.250 e. The summed E-state index contributed by atoms with van der Waals surface area (Å²) in [7, 11) is 0. The van der Waals surface area contributed by atoms with Crippen LogP contribution < -0.4 is 5.73 Å². The van der Waals surface area contributed by atoms with Gasteiger partial charge in [0.25, 0.3) is 5.92 Å². The number of halogens is 3. The highest BCUT2D eigenvalue weighted by atomic mass is 35.5. The van der Waals surface area contributed by atoms with E-state index in [-0.39, 0.29) is 25.9 Å². The number of nitrogens with zero attached hydrogens (tertiary/aromatic N) is 2. The highest BCUT2D eigenvalue weighted by Gasteiger charge is 2.38. The Morgan fingerprint density at radius 1 is 1.42 bits per heavy atom. The molecule has 4 nitrogen and oxygen atoms in total. The summed E-state index contributed by atoms with van der Waals surface area (Å²) in [5.41, 5.74) is 5.95. The predicted molar refractivity (Wildman–Crippen MR) is 66.9 cm³/mol. The molecule has 0 aromatic carbocycles. The molecule has 1 aromatic heterocycles. The molecule has 1 aliphatic heterocycles. The van der Waals surface area contributed by atoms with Gasteiger partial charge in [0.15, 0.2) is 0 Å². The zero-order valence-corrected chi connectivity index (χ0v) is 10.9. The monoisotopic (exact) mass is 289 g/mol. The third-order valence-corrected chi connectivity index (χ3v) is 3.45. The van der Waals surface area contributed by atoms with E-state index in [0.717, 1.165) is 0 Å². The maximum atomic E-state index is 13.1. The molecule has 1 aromatic rings. The third kappa shape index (κ3) is 3.39. The van der Waals surface area contributed by atoms with Crippen LogP contribution in [0.15, 0.2) is 18.3 Å². The first kappa shape index (κ1) is 14.1. The van der Waals surface area contributed by atoms with Gasteiger partial charge in [0.1, 0.15) is 11.2 Å². The molecule has 0 radical (unpaired) electrons. The molecule has 0 aliphatic carbocycles. The van der Waals surface area contributed by atoms with Crippen molar-refractivity contribution in [3.63, 3.8) is 0 Å². The van der Waals surface area contributed by atoms with Crippen molar-refractivity contribution in [3.8, 4) is 0 Å². The zero-order chi connectivity index (χ0) is 14.0. The third-order valence-electron chi connectivity index (χ3n) is 3.23. The molecule has 19 heavy (non-hydrogen) atoms. The predicted octanol–water partition coefficient (Wildman–Crippen LogP) is 1.99. The Hall–Kier alpha value is -1.27. The van der Waals surface area contributed by atoms with E-state index in [4.69, 9.17) is 17.3 Å². The van der Waals surface area contributed by atoms with E-state index in [0.29, 0.717) is 10.7 Å². The first-order chi connectivity index (χ1) is 8.89. The molecule has 0 spiro atoms. The summed E-state index contributed by atoms with van der Waals surface area (Å²) in [6.45, 7) is 0.256. The van der Waals surface area contributed by atoms with E-state index in [1.54, 1.807) is 17.0 Å². The fourth-order valence-electron chi connectivity index (χ4n) is 2.21. The van der Waals surface area contributed by atoms with Crippen molar-refractivity contribution in [1.82, 2.24) is 9.88 Å². The first-order valence-corrected chi connectivity index (χ1v) is 6.29. The minimum Gasteiger partial charge on any atom is -0.368 e. The number of carbonyl (C=O) groups is 1. The maximum Gasteiger partial charge on any atom is 0.250 e. The van der Waals surface area contributed by atoms with Gasteiger partial charge in [0.05, 0.1) is 0 Å². The number of hydrogen-bond donors (Lipinski definition) is 1. The lowest BCUT2D eigenvalue weighted by Gasteiger charge is -2.36. The fraction of sp³-hybridized carbons (Fsp3) is 0.500. The lowest BCUT2D eigenvalue weighted by molar-refractivity contribution is -0.127. The van der Waals surface area contributed by atoms with E-state index in [9.17, 15) is 13.6 Å². The summed E-state index contributed by atoms with van der Waals surface area (Å²) < 4.78 is 26.3. The van der Waals surface area contributed by atoms with Crippen molar-refractivity contribution < 1.29 is 13.6 Å². The number of piperidine rings is 1. The van der Waals surface area contributed by atoms with Gasteiger partial charge >= 0.3 is 0 Å². The zero-order valence-electron chi connectivity index (χ0n) is 10.2. The Balaban J connectivity index is 2.17. The van der Waals surface area contributed by atoms with Gasteiger partial charge in [0.2, 0.25) is 5.91 Å². The number of rotatable bonds is 3. The fourth-order valence-corrected chi connectivity index (χ4v) is 2.33. The van der Waals surface area contributed by atoms with Gasteiger partial charge < -0.3 is 5.73 Å². The van der Waals surface area contributed by atoms with Crippen molar-refractivity contribution in [3.05, 3.63) is 29.0 Å². The maximum absolute atomic E-state index is 13.1. The average molecular weight is 290 g/mol. The van der Waals surface area contributed by atoms with Gasteiger partial charge in [-0.2, -0.15) is 0 Å². The van der Waals surface area contributed by atoms with Crippen molar-refractivity contribution >= 4 is 17.5 Å². The van der Waals surface area contributed by atoms with Crippen LogP contribution in [0.2, 0.25) is 5.15 Å². The largest absolute Gasteiger partial charge is 0.368 e. The molecule has 0 saturated carbocycles. The van der Waals surface area contributed by atoms with Gasteiger partial charge in [-0.3, -0.25) is 9.69 Å². The number of aromatic nitrogens is 1. The molecule has 2 heterocycles. The van der Waals surface area contributed by atoms with Crippen molar-refractivity contribution in [2.24, 2.45) is 5.73 Å². The lowest BCUT2D eigenvalue weighted by atomic mass is 10.0. The summed E-state index contributed by atoms with van der Waals surface area (Å²) in [5.74, 6) is -3.23. The molecule has 2 N–H and O–H groups in total. The van der Waals surface area contributed by atoms with Crippen LogP contribution in [-0.4, -0.2) is 34.8 Å². The molecule has 1 saturated heterocycles. The number of carbonyl (C=O) groups excluding carboxylic acids is 1. The van der Waals surface area contributed by atoms with Crippen LogP contribution in [0.5, 0.6) is 0 Å². The summed E-state index contributed by atoms with van der Waals surface area (Å²) in [4.78, 5) is 17.1. The van der Waals surface area contributed by atoms with Crippen LogP contribution in [0.3, 0.4) is 0 Å². The number of primary amides is 1. The van der Waals surface area contributed by atoms with Crippen LogP contribution >= 0.6 is 11.6 Å². The van der Waals surface area contributed by atoms with E-state index in [2.05, 4.69) is 4.98 Å². The first-order valence-electron chi connectivity index (χ1n) is 5.92. The lowest BCUT2D eigenvalue weighted by Crippen LogP contribution is -2.45. The number of pyridine rings is 1. The van der Waals surface area contributed by atoms with Gasteiger partial charge in [0, 0.05) is 32.1 Å². The number of nitrogens with two attached hydrogens (primary N) is 1. The van der Waals surface area contributed by atoms with Gasteiger partial charge in [-0.25, -0.2) is 13.8 Å². The number of likely N-dealkylation sites (tertiary alicyclic amines) is 1. The topological polar surface area (TPSA) is 59.2 Å². The molecule has 104 valence electrons. The van der Waals surface area contributed by atoms with Crippen molar-refractivity contribution in [2.45, 2.75) is 24.8 Å². The molecule has 1 fully saturated rings. The highest BCUT2D eigenvalue weighted by molar-refractivity contribution is 6.29. The second-order valence-electron chi connectivity index (χ2n) is 4.61. The van der Waals surface area contributed by atoms with Crippen LogP contribution in [0, 0.1) is 0 Å². The van der Waals surface area contributed by atoms with E-state index >= 15 is 0 Å². The molecule has 1 aliphatic rings. The summed E-state index contributed by atoms with van der Waals surface area (Å²) >= 11 is 5.68. The number of alkyl halides is 2. The van der Waals surface area contributed by atoms with Crippen molar-refractivity contribution in [1.29, 1.82) is 0 Å². The molecule has 1 atom stereocenters. The Morgan fingerprint density at radius 2 is 2.05 bits per heavy atom. The molecule has 0 unspecified atom stereocenters. The second kappa shape index (κ2) is 5.38. The van der Waals surface area contributed by atoms with E-state index < -0.39 is 17.9 Å². The van der Waals surface area contributed by atoms with Crippen LogP contribution in [0.4, 0.5) is 8.78 Å². The molecular formula is C12H14ClF2N3O. The van der Waals surface area contributed by atoms with Crippen LogP contribution in [0.25, 0.3) is 0 Å². The molecule has 7 heteroatoms. The second-order valence-corrected chi connectivity index (χ2v) is 5.00. The van der Waals surface area contributed by atoms with Crippen molar-refractivity contribution in [2.75, 3.05) is 13.1 Å². The molecule has 2 rings (SSSR count). The Bertz CT molecular complexity index is 457. The SMILES string of the molecule is NC(=O)[C@@H](c1ccc(Cl)nc1)N1CCC(F)(F)CC1. The minimum absolute atomic E-state index is 0.128. The summed E-state index contributed by atoms with van der Waals surface area (Å²) in [5, 5.41) is 0.303. The normalized spacial score (nSPS) is 21.0. The summed E-state index contributed by atoms with van der Waals surface area (Å²) in [6.07, 6.45) is 0.917. The summed E-state index contributed by atoms with van der Waals surface area (Å²) in [6, 6.07) is 2.45. The Kier molecular flexibility index (Phi) is 4.01. The van der Waals surface area contributed by atoms with E-state index in [1.807, 2.05) is 0 Å². The standard InChI is InChI=1S/C12H14ClF2N3O/c13-9-2-1-8(7-17-9)10(11(16)19)18-5-3-12(14,15)4-6-18/h1-2,7,10H,3-6H2,(H2,16,19)/t10-/m1/s1. The van der Waals surface area contributed by atoms with Gasteiger partial charge in [-0.1, -0.05) is 17.7 Å². The van der Waals surface area contributed by atoms with Crippen LogP contribution in [0.1, 0.15) is 24.4 Å². The van der Waals surface area contributed by atoms with Crippen LogP contribution in [-0.2, 0) is 4.79 Å². The number of amides is 1. The molecular weight excluding hydrogens is 276 g/mol. The quantitative estimate of drug-likeness (QED) is 0.866. The highest BCUT2D eigenvalue weighted by Crippen LogP contribution is 2.32. The Labute approximate surface area is 114 Å². The van der Waals surface area contributed by atoms with Gasteiger partial charge in [-0.15, -0.1) is 0 Å². The average Bonchev–Trinajstić information content (AvgIpc) is 2.33. The number of hydrogen-bond acceptors (Lipinski definition) is 3. The van der Waals surface area contributed by atoms with Gasteiger partial charge in [-0.05, 0) is 11.6 Å². The Morgan fingerprint density at radius 3 is 2.53 bits per heavy atom.